The molecule has 0 N–H and O–H groups in total. The molecule has 0 radical (unpaired) electrons. The van der Waals surface area contributed by atoms with Gasteiger partial charge in [0.2, 0.25) is 0 Å². The van der Waals surface area contributed by atoms with Gasteiger partial charge in [0.25, 0.3) is 5.91 Å². The summed E-state index contributed by atoms with van der Waals surface area (Å²) in [5.41, 5.74) is 1.28. The van der Waals surface area contributed by atoms with Gasteiger partial charge in [0, 0.05) is 19.3 Å². The maximum atomic E-state index is 12.2. The molecule has 2 rings (SSSR count). The molecule has 6 heteroatoms. The number of halogens is 1. The number of nitrogens with zero attached hydrogens (tertiary/aromatic N) is 2. The van der Waals surface area contributed by atoms with Crippen LogP contribution in [0.3, 0.4) is 0 Å². The largest absolute Gasteiger partial charge is 0.452 e. The number of aromatic nitrogens is 1. The summed E-state index contributed by atoms with van der Waals surface area (Å²) < 4.78 is 5.04. The molecule has 0 saturated carbocycles. The topological polar surface area (TPSA) is 59.5 Å². The summed E-state index contributed by atoms with van der Waals surface area (Å²) in [6, 6.07) is 12.6. The van der Waals surface area contributed by atoms with E-state index in [1.54, 1.807) is 4.90 Å². The van der Waals surface area contributed by atoms with Crippen molar-refractivity contribution < 1.29 is 14.3 Å². The lowest BCUT2D eigenvalue weighted by Crippen LogP contribution is -2.34. The fourth-order valence-corrected chi connectivity index (χ4v) is 2.09. The molecule has 0 aliphatic heterocycles. The lowest BCUT2D eigenvalue weighted by Gasteiger charge is -2.20. The van der Waals surface area contributed by atoms with E-state index in [-0.39, 0.29) is 23.2 Å². The first-order valence-corrected chi connectivity index (χ1v) is 7.58. The first kappa shape index (κ1) is 17.0. The molecule has 1 heterocycles. The van der Waals surface area contributed by atoms with E-state index in [0.29, 0.717) is 13.1 Å². The summed E-state index contributed by atoms with van der Waals surface area (Å²) >= 11 is 5.66. The molecule has 0 bridgehead atoms. The Morgan fingerprint density at radius 1 is 1.17 bits per heavy atom. The van der Waals surface area contributed by atoms with E-state index in [1.165, 1.54) is 18.3 Å². The zero-order valence-electron chi connectivity index (χ0n) is 12.7. The zero-order valence-corrected chi connectivity index (χ0v) is 13.5. The van der Waals surface area contributed by atoms with Crippen molar-refractivity contribution in [1.29, 1.82) is 0 Å². The third-order valence-electron chi connectivity index (χ3n) is 3.24. The number of rotatable bonds is 6. The Kier molecular flexibility index (Phi) is 6.11. The molecule has 0 atom stereocenters. The van der Waals surface area contributed by atoms with Crippen molar-refractivity contribution in [2.75, 3.05) is 13.2 Å². The van der Waals surface area contributed by atoms with Gasteiger partial charge in [0.15, 0.2) is 6.61 Å². The van der Waals surface area contributed by atoms with E-state index in [0.717, 1.165) is 5.56 Å². The maximum absolute atomic E-state index is 12.2. The number of likely N-dealkylation sites (N-methyl/N-ethyl adjacent to an activating group) is 1. The number of carbonyl (C=O) groups is 2. The highest BCUT2D eigenvalue weighted by atomic mass is 35.5. The van der Waals surface area contributed by atoms with Gasteiger partial charge in [-0.3, -0.25) is 4.79 Å². The van der Waals surface area contributed by atoms with Crippen LogP contribution in [0.5, 0.6) is 0 Å². The number of amides is 1. The number of esters is 1. The average molecular weight is 333 g/mol. The second-order valence-electron chi connectivity index (χ2n) is 4.84. The number of carbonyl (C=O) groups excluding carboxylic acids is 2. The highest BCUT2D eigenvalue weighted by Gasteiger charge is 2.15. The third kappa shape index (κ3) is 5.07. The Balaban J connectivity index is 1.89. The van der Waals surface area contributed by atoms with Crippen LogP contribution in [0.1, 0.15) is 22.8 Å². The van der Waals surface area contributed by atoms with Gasteiger partial charge in [0.1, 0.15) is 5.15 Å². The molecule has 0 fully saturated rings. The summed E-state index contributed by atoms with van der Waals surface area (Å²) in [6.45, 7) is 2.60. The number of benzene rings is 1. The SMILES string of the molecule is CCN(Cc1ccccc1)C(=O)COC(=O)c1ccc(Cl)nc1. The Morgan fingerprint density at radius 2 is 1.91 bits per heavy atom. The molecule has 23 heavy (non-hydrogen) atoms. The molecule has 0 unspecified atom stereocenters. The van der Waals surface area contributed by atoms with Gasteiger partial charge in [0.05, 0.1) is 5.56 Å². The molecular weight excluding hydrogens is 316 g/mol. The lowest BCUT2D eigenvalue weighted by atomic mass is 10.2. The van der Waals surface area contributed by atoms with E-state index in [1.807, 2.05) is 37.3 Å². The van der Waals surface area contributed by atoms with Gasteiger partial charge in [-0.2, -0.15) is 0 Å². The Bertz CT molecular complexity index is 659. The minimum Gasteiger partial charge on any atom is -0.452 e. The second-order valence-corrected chi connectivity index (χ2v) is 5.23. The summed E-state index contributed by atoms with van der Waals surface area (Å²) in [5, 5.41) is 0.289. The van der Waals surface area contributed by atoms with Gasteiger partial charge < -0.3 is 9.64 Å². The molecule has 0 aliphatic rings. The van der Waals surface area contributed by atoms with Gasteiger partial charge in [-0.05, 0) is 24.6 Å². The number of pyridine rings is 1. The predicted molar refractivity (Wildman–Crippen MR) is 87.1 cm³/mol. The summed E-state index contributed by atoms with van der Waals surface area (Å²) in [4.78, 5) is 29.5. The van der Waals surface area contributed by atoms with E-state index in [4.69, 9.17) is 16.3 Å². The molecule has 1 aromatic heterocycles. The van der Waals surface area contributed by atoms with E-state index in [9.17, 15) is 9.59 Å². The fraction of sp³-hybridized carbons (Fsp3) is 0.235. The van der Waals surface area contributed by atoms with Crippen molar-refractivity contribution >= 4 is 23.5 Å². The fourth-order valence-electron chi connectivity index (χ4n) is 1.98. The first-order chi connectivity index (χ1) is 11.1. The second kappa shape index (κ2) is 8.29. The average Bonchev–Trinajstić information content (AvgIpc) is 2.58. The Labute approximate surface area is 139 Å². The number of hydrogen-bond donors (Lipinski definition) is 0. The molecule has 0 spiro atoms. The van der Waals surface area contributed by atoms with Crippen LogP contribution in [0.25, 0.3) is 0 Å². The molecule has 0 aliphatic carbocycles. The van der Waals surface area contributed by atoms with Gasteiger partial charge in [-0.1, -0.05) is 41.9 Å². The molecular formula is C17H17ClN2O3. The van der Waals surface area contributed by atoms with Crippen LogP contribution < -0.4 is 0 Å². The Morgan fingerprint density at radius 3 is 2.52 bits per heavy atom. The smallest absolute Gasteiger partial charge is 0.340 e. The van der Waals surface area contributed by atoms with E-state index >= 15 is 0 Å². The van der Waals surface area contributed by atoms with Crippen LogP contribution in [0, 0.1) is 0 Å². The van der Waals surface area contributed by atoms with Crippen molar-refractivity contribution in [2.24, 2.45) is 0 Å². The summed E-state index contributed by atoms with van der Waals surface area (Å²) in [6.07, 6.45) is 1.32. The monoisotopic (exact) mass is 332 g/mol. The van der Waals surface area contributed by atoms with Crippen molar-refractivity contribution in [2.45, 2.75) is 13.5 Å². The minimum absolute atomic E-state index is 0.244. The lowest BCUT2D eigenvalue weighted by molar-refractivity contribution is -0.134. The highest BCUT2D eigenvalue weighted by molar-refractivity contribution is 6.29. The van der Waals surface area contributed by atoms with E-state index < -0.39 is 5.97 Å². The van der Waals surface area contributed by atoms with Gasteiger partial charge in [-0.15, -0.1) is 0 Å². The molecule has 1 aromatic carbocycles. The highest BCUT2D eigenvalue weighted by Crippen LogP contribution is 2.08. The van der Waals surface area contributed by atoms with Crippen LogP contribution in [0.2, 0.25) is 5.15 Å². The molecule has 120 valence electrons. The first-order valence-electron chi connectivity index (χ1n) is 7.20. The normalized spacial score (nSPS) is 10.2. The predicted octanol–water partition coefficient (Wildman–Crippen LogP) is 2.94. The molecule has 1 amide bonds. The maximum Gasteiger partial charge on any atom is 0.340 e. The van der Waals surface area contributed by atoms with E-state index in [2.05, 4.69) is 4.98 Å². The van der Waals surface area contributed by atoms with Crippen LogP contribution in [-0.2, 0) is 16.1 Å². The third-order valence-corrected chi connectivity index (χ3v) is 3.46. The van der Waals surface area contributed by atoms with Gasteiger partial charge >= 0.3 is 5.97 Å². The van der Waals surface area contributed by atoms with Crippen LogP contribution in [0.4, 0.5) is 0 Å². The summed E-state index contributed by atoms with van der Waals surface area (Å²) in [7, 11) is 0. The molecule has 5 nitrogen and oxygen atoms in total. The number of hydrogen-bond acceptors (Lipinski definition) is 4. The van der Waals surface area contributed by atoms with Crippen molar-refractivity contribution in [3.05, 3.63) is 64.9 Å². The van der Waals surface area contributed by atoms with Crippen molar-refractivity contribution in [3.63, 3.8) is 0 Å². The van der Waals surface area contributed by atoms with Crippen molar-refractivity contribution in [1.82, 2.24) is 9.88 Å². The minimum atomic E-state index is -0.599. The quantitative estimate of drug-likeness (QED) is 0.603. The standard InChI is InChI=1S/C17H17ClN2O3/c1-2-20(11-13-6-4-3-5-7-13)16(21)12-23-17(22)14-8-9-15(18)19-10-14/h3-10H,2,11-12H2,1H3. The Hall–Kier alpha value is -2.40. The van der Waals surface area contributed by atoms with Crippen LogP contribution in [0.15, 0.2) is 48.7 Å². The molecule has 0 saturated heterocycles. The molecule has 2 aromatic rings. The van der Waals surface area contributed by atoms with Crippen LogP contribution >= 0.6 is 11.6 Å². The van der Waals surface area contributed by atoms with Crippen molar-refractivity contribution in [3.8, 4) is 0 Å². The summed E-state index contributed by atoms with van der Waals surface area (Å²) in [5.74, 6) is -0.843. The number of ether oxygens (including phenoxy) is 1. The van der Waals surface area contributed by atoms with Crippen LogP contribution in [-0.4, -0.2) is 34.9 Å². The zero-order chi connectivity index (χ0) is 16.7. The van der Waals surface area contributed by atoms with Gasteiger partial charge in [-0.25, -0.2) is 9.78 Å².